The van der Waals surface area contributed by atoms with Crippen molar-refractivity contribution in [2.24, 2.45) is 0 Å². The molecule has 0 amide bonds. The lowest BCUT2D eigenvalue weighted by atomic mass is 10.4. The van der Waals surface area contributed by atoms with E-state index >= 15 is 0 Å². The first-order chi connectivity index (χ1) is 9.19. The monoisotopic (exact) mass is 268 g/mol. The van der Waals surface area contributed by atoms with Crippen LogP contribution in [0.25, 0.3) is 0 Å². The van der Waals surface area contributed by atoms with Crippen molar-refractivity contribution in [3.05, 3.63) is 0 Å². The van der Waals surface area contributed by atoms with E-state index in [9.17, 15) is 5.11 Å². The SMILES string of the molecule is COCC(O)CNc1nc(N)nc(N2CCCC2)n1. The summed E-state index contributed by atoms with van der Waals surface area (Å²) < 4.78 is 4.84. The molecule has 0 radical (unpaired) electrons. The molecule has 2 heterocycles. The van der Waals surface area contributed by atoms with Gasteiger partial charge in [-0.3, -0.25) is 0 Å². The van der Waals surface area contributed by atoms with E-state index in [1.165, 1.54) is 7.11 Å². The molecule has 1 fully saturated rings. The van der Waals surface area contributed by atoms with E-state index in [4.69, 9.17) is 10.5 Å². The average Bonchev–Trinajstić information content (AvgIpc) is 2.90. The van der Waals surface area contributed by atoms with Crippen molar-refractivity contribution in [1.29, 1.82) is 0 Å². The van der Waals surface area contributed by atoms with Crippen LogP contribution in [0.4, 0.5) is 17.8 Å². The molecule has 0 saturated carbocycles. The Kier molecular flexibility index (Phi) is 4.69. The number of nitrogens with zero attached hydrogens (tertiary/aromatic N) is 4. The zero-order valence-electron chi connectivity index (χ0n) is 11.0. The van der Waals surface area contributed by atoms with Crippen LogP contribution in [-0.2, 0) is 4.74 Å². The van der Waals surface area contributed by atoms with Crippen LogP contribution in [0.1, 0.15) is 12.8 Å². The summed E-state index contributed by atoms with van der Waals surface area (Å²) >= 11 is 0. The van der Waals surface area contributed by atoms with Crippen molar-refractivity contribution in [1.82, 2.24) is 15.0 Å². The Hall–Kier alpha value is -1.67. The normalized spacial score (nSPS) is 16.6. The number of hydrogen-bond acceptors (Lipinski definition) is 8. The van der Waals surface area contributed by atoms with Gasteiger partial charge in [-0.25, -0.2) is 0 Å². The number of aromatic nitrogens is 3. The van der Waals surface area contributed by atoms with E-state index < -0.39 is 6.10 Å². The second-order valence-corrected chi connectivity index (χ2v) is 4.50. The number of hydrogen-bond donors (Lipinski definition) is 3. The summed E-state index contributed by atoms with van der Waals surface area (Å²) in [7, 11) is 1.54. The lowest BCUT2D eigenvalue weighted by molar-refractivity contribution is 0.0726. The third kappa shape index (κ3) is 3.90. The van der Waals surface area contributed by atoms with Crippen LogP contribution in [0.5, 0.6) is 0 Å². The zero-order valence-corrected chi connectivity index (χ0v) is 11.0. The van der Waals surface area contributed by atoms with E-state index in [0.29, 0.717) is 18.4 Å². The summed E-state index contributed by atoms with van der Waals surface area (Å²) in [5, 5.41) is 12.5. The Balaban J connectivity index is 2.00. The van der Waals surface area contributed by atoms with E-state index in [2.05, 4.69) is 25.2 Å². The number of nitrogens with one attached hydrogen (secondary N) is 1. The van der Waals surface area contributed by atoms with Crippen molar-refractivity contribution >= 4 is 17.8 Å². The van der Waals surface area contributed by atoms with Crippen molar-refractivity contribution in [3.8, 4) is 0 Å². The number of nitrogens with two attached hydrogens (primary N) is 1. The molecule has 1 aliphatic heterocycles. The molecule has 4 N–H and O–H groups in total. The molecule has 8 heteroatoms. The van der Waals surface area contributed by atoms with Gasteiger partial charge in [0.15, 0.2) is 0 Å². The first-order valence-electron chi connectivity index (χ1n) is 6.36. The van der Waals surface area contributed by atoms with Gasteiger partial charge in [-0.15, -0.1) is 0 Å². The fourth-order valence-electron chi connectivity index (χ4n) is 1.98. The maximum atomic E-state index is 9.56. The minimum Gasteiger partial charge on any atom is -0.389 e. The Labute approximate surface area is 112 Å². The highest BCUT2D eigenvalue weighted by Gasteiger charge is 2.17. The van der Waals surface area contributed by atoms with Gasteiger partial charge in [0.1, 0.15) is 0 Å². The summed E-state index contributed by atoms with van der Waals surface area (Å²) in [5.41, 5.74) is 5.68. The van der Waals surface area contributed by atoms with Gasteiger partial charge in [-0.1, -0.05) is 0 Å². The molecule has 106 valence electrons. The number of nitrogen functional groups attached to an aromatic ring is 1. The number of methoxy groups -OCH3 is 1. The standard InChI is InChI=1S/C11H20N6O2/c1-19-7-8(18)6-13-10-14-9(12)15-11(16-10)17-4-2-3-5-17/h8,18H,2-7H2,1H3,(H3,12,13,14,15,16). The van der Waals surface area contributed by atoms with E-state index in [1.807, 2.05) is 0 Å². The molecule has 2 rings (SSSR count). The molecule has 0 spiro atoms. The highest BCUT2D eigenvalue weighted by molar-refractivity contribution is 5.42. The van der Waals surface area contributed by atoms with Gasteiger partial charge >= 0.3 is 0 Å². The summed E-state index contributed by atoms with van der Waals surface area (Å²) in [6.07, 6.45) is 1.67. The largest absolute Gasteiger partial charge is 0.389 e. The van der Waals surface area contributed by atoms with Crippen LogP contribution >= 0.6 is 0 Å². The first-order valence-corrected chi connectivity index (χ1v) is 6.36. The average molecular weight is 268 g/mol. The zero-order chi connectivity index (χ0) is 13.7. The minimum atomic E-state index is -0.613. The molecular formula is C11H20N6O2. The highest BCUT2D eigenvalue weighted by Crippen LogP contribution is 2.17. The maximum absolute atomic E-state index is 9.56. The molecule has 1 aromatic heterocycles. The van der Waals surface area contributed by atoms with Crippen LogP contribution in [0.2, 0.25) is 0 Å². The lowest BCUT2D eigenvalue weighted by Gasteiger charge is -2.16. The molecular weight excluding hydrogens is 248 g/mol. The molecule has 0 bridgehead atoms. The van der Waals surface area contributed by atoms with E-state index in [1.54, 1.807) is 0 Å². The minimum absolute atomic E-state index is 0.181. The molecule has 0 aromatic carbocycles. The molecule has 0 aliphatic carbocycles. The van der Waals surface area contributed by atoms with Crippen LogP contribution in [0, 0.1) is 0 Å². The Morgan fingerprint density at radius 1 is 1.37 bits per heavy atom. The number of aliphatic hydroxyl groups is 1. The lowest BCUT2D eigenvalue weighted by Crippen LogP contribution is -2.26. The number of aliphatic hydroxyl groups excluding tert-OH is 1. The maximum Gasteiger partial charge on any atom is 0.231 e. The third-order valence-electron chi connectivity index (χ3n) is 2.88. The summed E-state index contributed by atoms with van der Waals surface area (Å²) in [6, 6.07) is 0. The van der Waals surface area contributed by atoms with Gasteiger partial charge in [-0.05, 0) is 12.8 Å². The molecule has 19 heavy (non-hydrogen) atoms. The van der Waals surface area contributed by atoms with E-state index in [0.717, 1.165) is 25.9 Å². The second-order valence-electron chi connectivity index (χ2n) is 4.50. The van der Waals surface area contributed by atoms with Crippen LogP contribution in [0.3, 0.4) is 0 Å². The molecule has 8 nitrogen and oxygen atoms in total. The van der Waals surface area contributed by atoms with Crippen LogP contribution in [-0.4, -0.2) is 59.5 Å². The third-order valence-corrected chi connectivity index (χ3v) is 2.88. The van der Waals surface area contributed by atoms with Crippen LogP contribution < -0.4 is 16.0 Å². The van der Waals surface area contributed by atoms with E-state index in [-0.39, 0.29) is 12.6 Å². The van der Waals surface area contributed by atoms with Crippen molar-refractivity contribution < 1.29 is 9.84 Å². The second kappa shape index (κ2) is 6.48. The predicted molar refractivity (Wildman–Crippen MR) is 72.1 cm³/mol. The van der Waals surface area contributed by atoms with Gasteiger partial charge < -0.3 is 25.8 Å². The fourth-order valence-corrected chi connectivity index (χ4v) is 1.98. The number of anilines is 3. The van der Waals surface area contributed by atoms with Crippen molar-refractivity contribution in [2.75, 3.05) is 49.3 Å². The summed E-state index contributed by atoms with van der Waals surface area (Å²) in [4.78, 5) is 14.5. The smallest absolute Gasteiger partial charge is 0.231 e. The molecule has 1 unspecified atom stereocenters. The summed E-state index contributed by atoms with van der Waals surface area (Å²) in [6.45, 7) is 2.44. The highest BCUT2D eigenvalue weighted by atomic mass is 16.5. The Morgan fingerprint density at radius 2 is 2.11 bits per heavy atom. The molecule has 1 atom stereocenters. The number of rotatable bonds is 6. The first kappa shape index (κ1) is 13.8. The predicted octanol–water partition coefficient (Wildman–Crippen LogP) is -0.527. The topological polar surface area (TPSA) is 109 Å². The van der Waals surface area contributed by atoms with Gasteiger partial charge in [0.05, 0.1) is 12.7 Å². The molecule has 1 aromatic rings. The Bertz CT molecular complexity index is 410. The van der Waals surface area contributed by atoms with Crippen molar-refractivity contribution in [3.63, 3.8) is 0 Å². The Morgan fingerprint density at radius 3 is 2.79 bits per heavy atom. The van der Waals surface area contributed by atoms with Gasteiger partial charge in [0.25, 0.3) is 0 Å². The fraction of sp³-hybridized carbons (Fsp3) is 0.727. The summed E-state index contributed by atoms with van der Waals surface area (Å²) in [5.74, 6) is 1.15. The quantitative estimate of drug-likeness (QED) is 0.632. The van der Waals surface area contributed by atoms with Crippen molar-refractivity contribution in [2.45, 2.75) is 18.9 Å². The van der Waals surface area contributed by atoms with Gasteiger partial charge in [0.2, 0.25) is 17.8 Å². The number of ether oxygens (including phenoxy) is 1. The molecule has 1 saturated heterocycles. The van der Waals surface area contributed by atoms with Gasteiger partial charge in [-0.2, -0.15) is 15.0 Å². The van der Waals surface area contributed by atoms with Crippen LogP contribution in [0.15, 0.2) is 0 Å². The van der Waals surface area contributed by atoms with Gasteiger partial charge in [0, 0.05) is 26.7 Å². The molecule has 1 aliphatic rings.